The van der Waals surface area contributed by atoms with Crippen LogP contribution in [0.2, 0.25) is 0 Å². The van der Waals surface area contributed by atoms with Crippen molar-refractivity contribution in [3.8, 4) is 0 Å². The molecule has 0 atom stereocenters. The molecule has 0 saturated heterocycles. The quantitative estimate of drug-likeness (QED) is 0.929. The minimum atomic E-state index is 0.101. The van der Waals surface area contributed by atoms with E-state index in [4.69, 9.17) is 0 Å². The van der Waals surface area contributed by atoms with Crippen molar-refractivity contribution in [1.82, 2.24) is 25.5 Å². The average molecular weight is 277 g/mol. The van der Waals surface area contributed by atoms with Crippen molar-refractivity contribution in [2.24, 2.45) is 7.05 Å². The van der Waals surface area contributed by atoms with Crippen molar-refractivity contribution in [3.05, 3.63) is 29.8 Å². The van der Waals surface area contributed by atoms with Crippen LogP contribution in [-0.2, 0) is 13.6 Å². The molecule has 0 saturated carbocycles. The second kappa shape index (κ2) is 5.71. The monoisotopic (exact) mass is 277 g/mol. The molecule has 0 spiro atoms. The molecular weight excluding hydrogens is 258 g/mol. The zero-order valence-electron chi connectivity index (χ0n) is 11.7. The normalized spacial score (nSPS) is 11.8. The lowest BCUT2D eigenvalue weighted by Crippen LogP contribution is -2.35. The molecule has 0 bridgehead atoms. The molecule has 102 valence electrons. The molecule has 2 rings (SSSR count). The van der Waals surface area contributed by atoms with Gasteiger partial charge in [0.2, 0.25) is 5.16 Å². The number of nitrogens with one attached hydrogen (secondary N) is 1. The molecular formula is C13H19N5S. The molecule has 1 heterocycles. The summed E-state index contributed by atoms with van der Waals surface area (Å²) in [5.74, 6) is 0. The summed E-state index contributed by atoms with van der Waals surface area (Å²) in [6.07, 6.45) is 0. The third-order valence-corrected chi connectivity index (χ3v) is 3.71. The molecule has 0 fully saturated rings. The predicted octanol–water partition coefficient (Wildman–Crippen LogP) is 2.25. The zero-order chi connectivity index (χ0) is 13.9. The summed E-state index contributed by atoms with van der Waals surface area (Å²) in [7, 11) is 1.85. The molecule has 0 unspecified atom stereocenters. The Morgan fingerprint density at radius 2 is 2.00 bits per heavy atom. The first kappa shape index (κ1) is 14.0. The van der Waals surface area contributed by atoms with Crippen molar-refractivity contribution in [2.45, 2.75) is 42.9 Å². The Kier molecular flexibility index (Phi) is 4.21. The fourth-order valence-corrected chi connectivity index (χ4v) is 2.38. The number of nitrogens with zero attached hydrogens (tertiary/aromatic N) is 4. The fourth-order valence-electron chi connectivity index (χ4n) is 1.52. The number of rotatable bonds is 4. The number of tetrazole rings is 1. The fraction of sp³-hybridized carbons (Fsp3) is 0.462. The summed E-state index contributed by atoms with van der Waals surface area (Å²) in [5, 5.41) is 15.8. The molecule has 0 radical (unpaired) electrons. The number of hydrogen-bond acceptors (Lipinski definition) is 5. The summed E-state index contributed by atoms with van der Waals surface area (Å²) < 4.78 is 1.68. The van der Waals surface area contributed by atoms with Gasteiger partial charge in [0.05, 0.1) is 0 Å². The first-order chi connectivity index (χ1) is 8.96. The van der Waals surface area contributed by atoms with Crippen molar-refractivity contribution < 1.29 is 0 Å². The number of hydrogen-bond donors (Lipinski definition) is 1. The molecule has 1 aromatic carbocycles. The summed E-state index contributed by atoms with van der Waals surface area (Å²) in [6, 6.07) is 8.31. The van der Waals surface area contributed by atoms with Crippen molar-refractivity contribution >= 4 is 11.8 Å². The lowest BCUT2D eigenvalue weighted by atomic mass is 10.1. The van der Waals surface area contributed by atoms with E-state index in [9.17, 15) is 0 Å². The summed E-state index contributed by atoms with van der Waals surface area (Å²) >= 11 is 1.58. The Labute approximate surface area is 117 Å². The van der Waals surface area contributed by atoms with Crippen molar-refractivity contribution in [3.63, 3.8) is 0 Å². The van der Waals surface area contributed by atoms with E-state index in [0.29, 0.717) is 0 Å². The lowest BCUT2D eigenvalue weighted by Gasteiger charge is -2.21. The maximum atomic E-state index is 4.01. The van der Waals surface area contributed by atoms with Crippen LogP contribution in [0.3, 0.4) is 0 Å². The van der Waals surface area contributed by atoms with Gasteiger partial charge in [-0.05, 0) is 54.6 Å². The van der Waals surface area contributed by atoms with Crippen LogP contribution in [0.5, 0.6) is 0 Å². The van der Waals surface area contributed by atoms with Crippen LogP contribution < -0.4 is 5.32 Å². The molecule has 1 aromatic heterocycles. The third-order valence-electron chi connectivity index (χ3n) is 2.56. The first-order valence-corrected chi connectivity index (χ1v) is 7.00. The van der Waals surface area contributed by atoms with E-state index in [1.165, 1.54) is 10.5 Å². The van der Waals surface area contributed by atoms with Gasteiger partial charge in [0.1, 0.15) is 0 Å². The Hall–Kier alpha value is -1.40. The Bertz CT molecular complexity index is 544. The molecule has 5 nitrogen and oxygen atoms in total. The van der Waals surface area contributed by atoms with Gasteiger partial charge in [-0.2, -0.15) is 0 Å². The largest absolute Gasteiger partial charge is 0.308 e. The molecule has 0 aliphatic heterocycles. The maximum Gasteiger partial charge on any atom is 0.213 e. The van der Waals surface area contributed by atoms with Gasteiger partial charge in [-0.25, -0.2) is 4.68 Å². The Balaban J connectivity index is 2.15. The van der Waals surface area contributed by atoms with Crippen LogP contribution >= 0.6 is 11.8 Å². The molecule has 6 heteroatoms. The number of aryl methyl sites for hydroxylation is 1. The predicted molar refractivity (Wildman–Crippen MR) is 76.0 cm³/mol. The van der Waals surface area contributed by atoms with Crippen molar-refractivity contribution in [1.29, 1.82) is 0 Å². The van der Waals surface area contributed by atoms with Gasteiger partial charge >= 0.3 is 0 Å². The SMILES string of the molecule is Cn1nnnc1Sc1ccccc1CNC(C)(C)C. The van der Waals surface area contributed by atoms with Crippen LogP contribution in [0.1, 0.15) is 26.3 Å². The van der Waals surface area contributed by atoms with E-state index in [1.54, 1.807) is 16.4 Å². The highest BCUT2D eigenvalue weighted by Gasteiger charge is 2.12. The minimum Gasteiger partial charge on any atom is -0.308 e. The van der Waals surface area contributed by atoms with Crippen LogP contribution in [0.25, 0.3) is 0 Å². The average Bonchev–Trinajstić information content (AvgIpc) is 2.73. The van der Waals surface area contributed by atoms with Gasteiger partial charge in [-0.3, -0.25) is 0 Å². The van der Waals surface area contributed by atoms with Gasteiger partial charge in [0.15, 0.2) is 0 Å². The smallest absolute Gasteiger partial charge is 0.213 e. The third kappa shape index (κ3) is 4.04. The number of benzene rings is 1. The second-order valence-electron chi connectivity index (χ2n) is 5.40. The van der Waals surface area contributed by atoms with E-state index >= 15 is 0 Å². The van der Waals surface area contributed by atoms with Gasteiger partial charge in [0.25, 0.3) is 0 Å². The van der Waals surface area contributed by atoms with Crippen molar-refractivity contribution in [2.75, 3.05) is 0 Å². The Morgan fingerprint density at radius 3 is 2.63 bits per heavy atom. The Morgan fingerprint density at radius 1 is 1.26 bits per heavy atom. The van der Waals surface area contributed by atoms with E-state index < -0.39 is 0 Å². The molecule has 2 aromatic rings. The van der Waals surface area contributed by atoms with Gasteiger partial charge in [-0.15, -0.1) is 5.10 Å². The topological polar surface area (TPSA) is 55.6 Å². The zero-order valence-corrected chi connectivity index (χ0v) is 12.5. The highest BCUT2D eigenvalue weighted by atomic mass is 32.2. The molecule has 0 aliphatic rings. The molecule has 1 N–H and O–H groups in total. The second-order valence-corrected chi connectivity index (χ2v) is 6.41. The molecule has 0 amide bonds. The summed E-state index contributed by atoms with van der Waals surface area (Å²) in [5.41, 5.74) is 1.36. The molecule has 19 heavy (non-hydrogen) atoms. The van der Waals surface area contributed by atoms with Crippen LogP contribution in [0.4, 0.5) is 0 Å². The standard InChI is InChI=1S/C13H19N5S/c1-13(2,3)14-9-10-7-5-6-8-11(10)19-12-15-16-17-18(12)4/h5-8,14H,9H2,1-4H3. The first-order valence-electron chi connectivity index (χ1n) is 6.19. The maximum absolute atomic E-state index is 4.01. The summed E-state index contributed by atoms with van der Waals surface area (Å²) in [6.45, 7) is 7.32. The van der Waals surface area contributed by atoms with Crippen LogP contribution in [0.15, 0.2) is 34.3 Å². The minimum absolute atomic E-state index is 0.101. The van der Waals surface area contributed by atoms with Crippen LogP contribution in [0, 0.1) is 0 Å². The lowest BCUT2D eigenvalue weighted by molar-refractivity contribution is 0.422. The van der Waals surface area contributed by atoms with E-state index in [-0.39, 0.29) is 5.54 Å². The van der Waals surface area contributed by atoms with Gasteiger partial charge in [0, 0.05) is 24.0 Å². The van der Waals surface area contributed by atoms with Gasteiger partial charge < -0.3 is 5.32 Å². The van der Waals surface area contributed by atoms with Crippen LogP contribution in [-0.4, -0.2) is 25.7 Å². The van der Waals surface area contributed by atoms with E-state index in [2.05, 4.69) is 59.8 Å². The molecule has 0 aliphatic carbocycles. The summed E-state index contributed by atoms with van der Waals surface area (Å²) in [4.78, 5) is 1.18. The van der Waals surface area contributed by atoms with Gasteiger partial charge in [-0.1, -0.05) is 18.2 Å². The highest BCUT2D eigenvalue weighted by Crippen LogP contribution is 2.28. The highest BCUT2D eigenvalue weighted by molar-refractivity contribution is 7.99. The van der Waals surface area contributed by atoms with E-state index in [0.717, 1.165) is 11.7 Å². The van der Waals surface area contributed by atoms with E-state index in [1.807, 2.05) is 13.1 Å². The number of aromatic nitrogens is 4.